The number of halogens is 6. The third-order valence-electron chi connectivity index (χ3n) is 7.79. The van der Waals surface area contributed by atoms with Crippen LogP contribution in [0.2, 0.25) is 10.0 Å². The fourth-order valence-electron chi connectivity index (χ4n) is 5.71. The Hall–Kier alpha value is -3.35. The first-order valence-electron chi connectivity index (χ1n) is 13.6. The van der Waals surface area contributed by atoms with Gasteiger partial charge in [-0.3, -0.25) is 4.79 Å². The molecule has 1 spiro atoms. The van der Waals surface area contributed by atoms with Crippen molar-refractivity contribution in [2.24, 2.45) is 5.41 Å². The number of rotatable bonds is 7. The molecule has 43 heavy (non-hydrogen) atoms. The van der Waals surface area contributed by atoms with Crippen molar-refractivity contribution in [2.75, 3.05) is 36.9 Å². The van der Waals surface area contributed by atoms with Crippen LogP contribution < -0.4 is 20.7 Å². The minimum atomic E-state index is -4.90. The van der Waals surface area contributed by atoms with Crippen LogP contribution in [0, 0.1) is 11.2 Å². The molecule has 14 heteroatoms. The van der Waals surface area contributed by atoms with E-state index in [1.165, 1.54) is 30.3 Å². The lowest BCUT2D eigenvalue weighted by Crippen LogP contribution is -2.41. The number of esters is 1. The molecule has 0 bridgehead atoms. The fraction of sp³-hybridized carbons (Fsp3) is 0.414. The molecule has 0 saturated carbocycles. The van der Waals surface area contributed by atoms with Crippen LogP contribution in [0.25, 0.3) is 11.1 Å². The maximum Gasteiger partial charge on any atom is 0.429 e. The summed E-state index contributed by atoms with van der Waals surface area (Å²) in [6.07, 6.45) is -5.30. The van der Waals surface area contributed by atoms with E-state index < -0.39 is 18.1 Å². The Kier molecular flexibility index (Phi) is 8.92. The number of carbonyl (C=O) groups is 1. The number of anilines is 2. The number of alkyl halides is 3. The number of hydrogen-bond acceptors (Lipinski definition) is 8. The van der Waals surface area contributed by atoms with Gasteiger partial charge < -0.3 is 25.4 Å². The van der Waals surface area contributed by atoms with E-state index in [0.29, 0.717) is 38.5 Å². The second kappa shape index (κ2) is 12.3. The number of benzene rings is 2. The molecule has 1 aromatic heterocycles. The number of hydrogen-bond donors (Lipinski definition) is 2. The van der Waals surface area contributed by atoms with Crippen LogP contribution in [-0.4, -0.2) is 54.4 Å². The van der Waals surface area contributed by atoms with Crippen molar-refractivity contribution in [2.45, 2.75) is 44.5 Å². The Labute approximate surface area is 255 Å². The third kappa shape index (κ3) is 7.08. The number of nitrogens with one attached hydrogen (secondary N) is 1. The molecule has 0 aliphatic carbocycles. The van der Waals surface area contributed by atoms with Gasteiger partial charge in [0.1, 0.15) is 17.7 Å². The summed E-state index contributed by atoms with van der Waals surface area (Å²) >= 11 is 12.1. The van der Waals surface area contributed by atoms with Gasteiger partial charge in [0.25, 0.3) is 0 Å². The van der Waals surface area contributed by atoms with Crippen LogP contribution in [0.5, 0.6) is 5.88 Å². The highest BCUT2D eigenvalue weighted by molar-refractivity contribution is 6.31. The van der Waals surface area contributed by atoms with Crippen molar-refractivity contribution in [3.8, 4) is 17.0 Å². The van der Waals surface area contributed by atoms with Gasteiger partial charge in [-0.25, -0.2) is 4.39 Å². The van der Waals surface area contributed by atoms with Crippen molar-refractivity contribution < 1.29 is 31.8 Å². The van der Waals surface area contributed by atoms with Gasteiger partial charge in [-0.05, 0) is 73.1 Å². The van der Waals surface area contributed by atoms with Gasteiger partial charge in [-0.1, -0.05) is 29.3 Å². The molecule has 2 saturated heterocycles. The van der Waals surface area contributed by atoms with E-state index in [0.717, 1.165) is 25.0 Å². The summed E-state index contributed by atoms with van der Waals surface area (Å²) in [6, 6.07) is 8.15. The maximum absolute atomic E-state index is 14.5. The molecule has 8 nitrogen and oxygen atoms in total. The lowest BCUT2D eigenvalue weighted by atomic mass is 9.76. The van der Waals surface area contributed by atoms with Crippen LogP contribution in [0.15, 0.2) is 42.5 Å². The van der Waals surface area contributed by atoms with Gasteiger partial charge >= 0.3 is 12.1 Å². The number of aromatic nitrogens is 2. The second-order valence-electron chi connectivity index (χ2n) is 10.7. The summed E-state index contributed by atoms with van der Waals surface area (Å²) in [7, 11) is 0. The molecule has 3 N–H and O–H groups in total. The molecule has 3 aromatic rings. The summed E-state index contributed by atoms with van der Waals surface area (Å²) in [5, 5.41) is 3.40. The van der Waals surface area contributed by atoms with Crippen molar-refractivity contribution in [3.05, 3.63) is 63.9 Å². The molecule has 230 valence electrons. The standard InChI is InChI=1S/C29H29Cl2F4N5O3/c1-2-42-26(41)22-14-28(15-37-22)5-7-40(8-6-28)23-13-24(39-27(36)38-23)43-25(29(33,34)35)20-4-3-17(30)12-21(20)16-9-18(31)11-19(32)10-16/h3-4,9-13,22,25,37H,2,5-8,14-15H2,1H3,(H2,36,38,39)/t22-,25+/m0/s1. The van der Waals surface area contributed by atoms with Gasteiger partial charge in [0.15, 0.2) is 0 Å². The van der Waals surface area contributed by atoms with Gasteiger partial charge in [0.2, 0.25) is 17.9 Å². The number of nitrogens with two attached hydrogens (primary N) is 1. The van der Waals surface area contributed by atoms with Crippen LogP contribution in [0.3, 0.4) is 0 Å². The molecule has 5 rings (SSSR count). The number of piperidine rings is 1. The zero-order chi connectivity index (χ0) is 30.9. The van der Waals surface area contributed by atoms with Crippen LogP contribution in [0.1, 0.15) is 37.9 Å². The molecule has 0 radical (unpaired) electrons. The predicted molar refractivity (Wildman–Crippen MR) is 155 cm³/mol. The molecule has 2 aliphatic rings. The van der Waals surface area contributed by atoms with Crippen molar-refractivity contribution in [3.63, 3.8) is 0 Å². The quantitative estimate of drug-likeness (QED) is 0.227. The van der Waals surface area contributed by atoms with Crippen LogP contribution >= 0.6 is 23.2 Å². The highest BCUT2D eigenvalue weighted by Gasteiger charge is 2.46. The lowest BCUT2D eigenvalue weighted by molar-refractivity contribution is -0.198. The first-order valence-corrected chi connectivity index (χ1v) is 14.4. The Morgan fingerprint density at radius 2 is 1.88 bits per heavy atom. The fourth-order valence-corrected chi connectivity index (χ4v) is 6.11. The molecule has 0 unspecified atom stereocenters. The van der Waals surface area contributed by atoms with E-state index >= 15 is 0 Å². The Morgan fingerprint density at radius 1 is 1.14 bits per heavy atom. The van der Waals surface area contributed by atoms with Crippen LogP contribution in [-0.2, 0) is 9.53 Å². The molecular weight excluding hydrogens is 613 g/mol. The number of nitrogens with zero attached hydrogens (tertiary/aromatic N) is 3. The Morgan fingerprint density at radius 3 is 2.56 bits per heavy atom. The minimum absolute atomic E-state index is 0.00623. The average molecular weight is 642 g/mol. The van der Waals surface area contributed by atoms with Crippen molar-refractivity contribution in [1.29, 1.82) is 0 Å². The summed E-state index contributed by atoms with van der Waals surface area (Å²) in [4.78, 5) is 22.3. The van der Waals surface area contributed by atoms with E-state index in [1.54, 1.807) is 6.92 Å². The topological polar surface area (TPSA) is 103 Å². The minimum Gasteiger partial charge on any atom is -0.465 e. The molecule has 2 atom stereocenters. The SMILES string of the molecule is CCOC(=O)[C@@H]1CC2(CCN(c3cc(O[C@H](c4ccc(Cl)cc4-c4cc(F)cc(Cl)c4)C(F)(F)F)nc(N)n3)CC2)CN1. The van der Waals surface area contributed by atoms with E-state index in [9.17, 15) is 22.4 Å². The number of nitrogen functional groups attached to an aromatic ring is 1. The molecule has 2 aliphatic heterocycles. The van der Waals surface area contributed by atoms with Gasteiger partial charge in [-0.15, -0.1) is 0 Å². The largest absolute Gasteiger partial charge is 0.465 e. The normalized spacial score (nSPS) is 19.0. The summed E-state index contributed by atoms with van der Waals surface area (Å²) in [5.41, 5.74) is 5.58. The third-order valence-corrected chi connectivity index (χ3v) is 8.25. The number of carbonyl (C=O) groups excluding carboxylic acids is 1. The maximum atomic E-state index is 14.5. The molecule has 0 amide bonds. The zero-order valence-corrected chi connectivity index (χ0v) is 24.6. The summed E-state index contributed by atoms with van der Waals surface area (Å²) < 4.78 is 68.4. The summed E-state index contributed by atoms with van der Waals surface area (Å²) in [6.45, 7) is 3.82. The molecular formula is C29H29Cl2F4N5O3. The van der Waals surface area contributed by atoms with Gasteiger partial charge in [0.05, 0.1) is 6.61 Å². The highest BCUT2D eigenvalue weighted by Crippen LogP contribution is 2.44. The molecule has 2 aromatic carbocycles. The first-order chi connectivity index (χ1) is 20.4. The van der Waals surface area contributed by atoms with Crippen molar-refractivity contribution in [1.82, 2.24) is 15.3 Å². The highest BCUT2D eigenvalue weighted by atomic mass is 35.5. The lowest BCUT2D eigenvalue weighted by Gasteiger charge is -2.39. The average Bonchev–Trinajstić information content (AvgIpc) is 3.34. The summed E-state index contributed by atoms with van der Waals surface area (Å²) in [5.74, 6) is -1.31. The van der Waals surface area contributed by atoms with Gasteiger partial charge in [0, 0.05) is 41.3 Å². The van der Waals surface area contributed by atoms with E-state index in [4.69, 9.17) is 38.4 Å². The first kappa shape index (κ1) is 31.1. The van der Waals surface area contributed by atoms with Crippen LogP contribution in [0.4, 0.5) is 29.3 Å². The van der Waals surface area contributed by atoms with E-state index in [1.807, 2.05) is 4.90 Å². The second-order valence-corrected chi connectivity index (χ2v) is 11.6. The Balaban J connectivity index is 1.39. The Bertz CT molecular complexity index is 1480. The van der Waals surface area contributed by atoms with Gasteiger partial charge in [-0.2, -0.15) is 23.1 Å². The molecule has 3 heterocycles. The molecule has 2 fully saturated rings. The monoisotopic (exact) mass is 641 g/mol. The predicted octanol–water partition coefficient (Wildman–Crippen LogP) is 6.37. The van der Waals surface area contributed by atoms with Crippen molar-refractivity contribution >= 4 is 40.9 Å². The zero-order valence-electron chi connectivity index (χ0n) is 23.1. The number of ether oxygens (including phenoxy) is 2. The van der Waals surface area contributed by atoms with E-state index in [2.05, 4.69) is 15.3 Å². The van der Waals surface area contributed by atoms with E-state index in [-0.39, 0.29) is 56.0 Å². The smallest absolute Gasteiger partial charge is 0.429 e.